The fourth-order valence-electron chi connectivity index (χ4n) is 2.46. The lowest BCUT2D eigenvalue weighted by Crippen LogP contribution is -2.47. The Morgan fingerprint density at radius 2 is 2.10 bits per heavy atom. The van der Waals surface area contributed by atoms with Crippen molar-refractivity contribution < 1.29 is 9.90 Å². The normalized spacial score (nSPS) is 15.6. The fourth-order valence-corrected chi connectivity index (χ4v) is 2.46. The molecule has 7 heteroatoms. The standard InChI is InChI=1S/C14H17N5O2/c15-12(7-10-1-3-11(20)4-2-10)14(21)18-5-6-19-9-16-17-13(19)8-18/h1-4,9,12,20H,5-8,15H2/t12-/m0/s1. The Morgan fingerprint density at radius 3 is 2.86 bits per heavy atom. The number of hydrogen-bond acceptors (Lipinski definition) is 5. The zero-order chi connectivity index (χ0) is 14.8. The summed E-state index contributed by atoms with van der Waals surface area (Å²) in [7, 11) is 0. The zero-order valence-electron chi connectivity index (χ0n) is 11.5. The third-order valence-electron chi connectivity index (χ3n) is 3.66. The number of amides is 1. The van der Waals surface area contributed by atoms with Gasteiger partial charge < -0.3 is 20.3 Å². The molecule has 0 spiro atoms. The van der Waals surface area contributed by atoms with Crippen LogP contribution < -0.4 is 5.73 Å². The Kier molecular flexibility index (Phi) is 3.57. The van der Waals surface area contributed by atoms with E-state index in [1.807, 2.05) is 4.57 Å². The summed E-state index contributed by atoms with van der Waals surface area (Å²) in [6.07, 6.45) is 2.12. The first-order chi connectivity index (χ1) is 10.1. The number of carbonyl (C=O) groups excluding carboxylic acids is 1. The average molecular weight is 287 g/mol. The molecule has 1 aliphatic heterocycles. The summed E-state index contributed by atoms with van der Waals surface area (Å²) in [6, 6.07) is 6.14. The van der Waals surface area contributed by atoms with Gasteiger partial charge in [-0.25, -0.2) is 0 Å². The molecule has 7 nitrogen and oxygen atoms in total. The van der Waals surface area contributed by atoms with Crippen molar-refractivity contribution in [3.05, 3.63) is 42.0 Å². The summed E-state index contributed by atoms with van der Waals surface area (Å²) in [5.74, 6) is 0.901. The van der Waals surface area contributed by atoms with Gasteiger partial charge in [0.1, 0.15) is 12.1 Å². The molecule has 2 aromatic rings. The first-order valence-electron chi connectivity index (χ1n) is 6.82. The highest BCUT2D eigenvalue weighted by atomic mass is 16.3. The van der Waals surface area contributed by atoms with Gasteiger partial charge in [0.15, 0.2) is 5.82 Å². The Hall–Kier alpha value is -2.41. The summed E-state index contributed by atoms with van der Waals surface area (Å²) in [6.45, 7) is 1.76. The van der Waals surface area contributed by atoms with Crippen molar-refractivity contribution in [3.63, 3.8) is 0 Å². The first-order valence-corrected chi connectivity index (χ1v) is 6.82. The number of fused-ring (bicyclic) bond motifs is 1. The molecule has 1 aliphatic rings. The molecule has 0 saturated heterocycles. The van der Waals surface area contributed by atoms with Crippen LogP contribution >= 0.6 is 0 Å². The van der Waals surface area contributed by atoms with Crippen LogP contribution in [0.1, 0.15) is 11.4 Å². The lowest BCUT2D eigenvalue weighted by molar-refractivity contribution is -0.134. The number of aromatic nitrogens is 3. The molecule has 1 amide bonds. The van der Waals surface area contributed by atoms with Crippen LogP contribution in [0.4, 0.5) is 0 Å². The quantitative estimate of drug-likeness (QED) is 0.821. The average Bonchev–Trinajstić information content (AvgIpc) is 2.96. The maximum atomic E-state index is 12.4. The van der Waals surface area contributed by atoms with Crippen LogP contribution in [-0.2, 0) is 24.3 Å². The van der Waals surface area contributed by atoms with E-state index in [1.165, 1.54) is 0 Å². The molecule has 0 fully saturated rings. The molecule has 0 unspecified atom stereocenters. The Bertz CT molecular complexity index is 637. The van der Waals surface area contributed by atoms with E-state index in [4.69, 9.17) is 5.73 Å². The summed E-state index contributed by atoms with van der Waals surface area (Å²) >= 11 is 0. The summed E-state index contributed by atoms with van der Waals surface area (Å²) in [5.41, 5.74) is 6.94. The van der Waals surface area contributed by atoms with Crippen molar-refractivity contribution in [1.82, 2.24) is 19.7 Å². The van der Waals surface area contributed by atoms with Crippen LogP contribution in [0.2, 0.25) is 0 Å². The van der Waals surface area contributed by atoms with Crippen molar-refractivity contribution in [2.45, 2.75) is 25.6 Å². The molecule has 1 aromatic heterocycles. The molecular weight excluding hydrogens is 270 g/mol. The largest absolute Gasteiger partial charge is 0.508 e. The van der Waals surface area contributed by atoms with Crippen molar-refractivity contribution in [2.24, 2.45) is 5.73 Å². The van der Waals surface area contributed by atoms with Crippen molar-refractivity contribution in [2.75, 3.05) is 6.54 Å². The van der Waals surface area contributed by atoms with Gasteiger partial charge in [0, 0.05) is 13.1 Å². The molecule has 1 aromatic carbocycles. The van der Waals surface area contributed by atoms with Gasteiger partial charge in [-0.2, -0.15) is 0 Å². The smallest absolute Gasteiger partial charge is 0.240 e. The van der Waals surface area contributed by atoms with Gasteiger partial charge in [-0.15, -0.1) is 10.2 Å². The van der Waals surface area contributed by atoms with Gasteiger partial charge in [-0.1, -0.05) is 12.1 Å². The molecule has 0 saturated carbocycles. The molecule has 110 valence electrons. The van der Waals surface area contributed by atoms with E-state index < -0.39 is 6.04 Å². The Balaban J connectivity index is 1.64. The number of phenolic OH excluding ortho intramolecular Hbond substituents is 1. The number of hydrogen-bond donors (Lipinski definition) is 2. The number of nitrogens with two attached hydrogens (primary N) is 1. The van der Waals surface area contributed by atoms with Gasteiger partial charge in [-0.05, 0) is 24.1 Å². The number of aromatic hydroxyl groups is 1. The summed E-state index contributed by atoms with van der Waals surface area (Å²) < 4.78 is 1.94. The first kappa shape index (κ1) is 13.6. The van der Waals surface area contributed by atoms with Gasteiger partial charge in [0.25, 0.3) is 0 Å². The highest BCUT2D eigenvalue weighted by Crippen LogP contribution is 2.14. The van der Waals surface area contributed by atoms with Crippen LogP contribution in [0.15, 0.2) is 30.6 Å². The number of carbonyl (C=O) groups is 1. The minimum absolute atomic E-state index is 0.0858. The van der Waals surface area contributed by atoms with Crippen LogP contribution in [0, 0.1) is 0 Å². The predicted octanol–water partition coefficient (Wildman–Crippen LogP) is -0.104. The number of benzene rings is 1. The minimum atomic E-state index is -0.594. The Morgan fingerprint density at radius 1 is 1.33 bits per heavy atom. The van der Waals surface area contributed by atoms with Crippen LogP contribution in [0.25, 0.3) is 0 Å². The van der Waals surface area contributed by atoms with Gasteiger partial charge in [0.05, 0.1) is 12.6 Å². The van der Waals surface area contributed by atoms with E-state index >= 15 is 0 Å². The molecule has 21 heavy (non-hydrogen) atoms. The third kappa shape index (κ3) is 2.87. The monoisotopic (exact) mass is 287 g/mol. The maximum absolute atomic E-state index is 12.4. The summed E-state index contributed by atoms with van der Waals surface area (Å²) in [4.78, 5) is 14.1. The Labute approximate surface area is 122 Å². The van der Waals surface area contributed by atoms with E-state index in [-0.39, 0.29) is 11.7 Å². The molecule has 1 atom stereocenters. The van der Waals surface area contributed by atoms with E-state index in [0.717, 1.165) is 11.4 Å². The zero-order valence-corrected chi connectivity index (χ0v) is 11.5. The van der Waals surface area contributed by atoms with Crippen molar-refractivity contribution >= 4 is 5.91 Å². The second kappa shape index (κ2) is 5.53. The lowest BCUT2D eigenvalue weighted by atomic mass is 10.1. The fraction of sp³-hybridized carbons (Fsp3) is 0.357. The molecule has 3 rings (SSSR count). The second-order valence-electron chi connectivity index (χ2n) is 5.18. The summed E-state index contributed by atoms with van der Waals surface area (Å²) in [5, 5.41) is 17.1. The predicted molar refractivity (Wildman–Crippen MR) is 75.2 cm³/mol. The van der Waals surface area contributed by atoms with E-state index in [9.17, 15) is 9.90 Å². The number of phenols is 1. The van der Waals surface area contributed by atoms with Crippen LogP contribution in [0.3, 0.4) is 0 Å². The minimum Gasteiger partial charge on any atom is -0.508 e. The number of rotatable bonds is 3. The molecule has 0 radical (unpaired) electrons. The molecular formula is C14H17N5O2. The third-order valence-corrected chi connectivity index (χ3v) is 3.66. The van der Waals surface area contributed by atoms with Crippen LogP contribution in [0.5, 0.6) is 5.75 Å². The number of nitrogens with zero attached hydrogens (tertiary/aromatic N) is 4. The SMILES string of the molecule is N[C@@H](Cc1ccc(O)cc1)C(=O)N1CCn2cnnc2C1. The maximum Gasteiger partial charge on any atom is 0.240 e. The van der Waals surface area contributed by atoms with Gasteiger partial charge in [-0.3, -0.25) is 4.79 Å². The molecule has 0 aliphatic carbocycles. The van der Waals surface area contributed by atoms with Crippen LogP contribution in [-0.4, -0.2) is 43.3 Å². The second-order valence-corrected chi connectivity index (χ2v) is 5.18. The molecule has 3 N–H and O–H groups in total. The van der Waals surface area contributed by atoms with Gasteiger partial charge >= 0.3 is 0 Å². The highest BCUT2D eigenvalue weighted by Gasteiger charge is 2.26. The van der Waals surface area contributed by atoms with Crippen molar-refractivity contribution in [1.29, 1.82) is 0 Å². The lowest BCUT2D eigenvalue weighted by Gasteiger charge is -2.29. The van der Waals surface area contributed by atoms with E-state index in [1.54, 1.807) is 35.5 Å². The van der Waals surface area contributed by atoms with Crippen molar-refractivity contribution in [3.8, 4) is 5.75 Å². The van der Waals surface area contributed by atoms with E-state index in [2.05, 4.69) is 10.2 Å². The van der Waals surface area contributed by atoms with E-state index in [0.29, 0.717) is 26.1 Å². The van der Waals surface area contributed by atoms with Gasteiger partial charge in [0.2, 0.25) is 5.91 Å². The highest BCUT2D eigenvalue weighted by molar-refractivity contribution is 5.82. The topological polar surface area (TPSA) is 97.3 Å². The molecule has 0 bridgehead atoms. The molecule has 2 heterocycles.